The highest BCUT2D eigenvalue weighted by molar-refractivity contribution is 6.02. The summed E-state index contributed by atoms with van der Waals surface area (Å²) in [6.07, 6.45) is 9.08. The molecule has 1 saturated heterocycles. The topological polar surface area (TPSA) is 78.9 Å². The number of carbonyl (C=O) groups is 1. The van der Waals surface area contributed by atoms with Gasteiger partial charge in [0.05, 0.1) is 5.92 Å². The van der Waals surface area contributed by atoms with Gasteiger partial charge >= 0.3 is 0 Å². The fourth-order valence-electron chi connectivity index (χ4n) is 3.80. The number of nitrogens with two attached hydrogens (primary N) is 1. The van der Waals surface area contributed by atoms with Crippen molar-refractivity contribution in [2.24, 2.45) is 22.2 Å². The predicted octanol–water partition coefficient (Wildman–Crippen LogP) is 2.33. The summed E-state index contributed by atoms with van der Waals surface area (Å²) in [7, 11) is 0. The van der Waals surface area contributed by atoms with Gasteiger partial charge in [-0.15, -0.1) is 0 Å². The molecule has 2 aliphatic rings. The second kappa shape index (κ2) is 6.46. The number of oxime groups is 1. The Morgan fingerprint density at radius 3 is 2.40 bits per heavy atom. The first-order chi connectivity index (χ1) is 9.62. The first kappa shape index (κ1) is 15.1. The highest BCUT2D eigenvalue weighted by Crippen LogP contribution is 2.46. The molecule has 1 unspecified atom stereocenters. The SMILES string of the molecule is CCCC(C(=O)N1CCC2(CCCC2)CC1)C(N)=NO. The van der Waals surface area contributed by atoms with Crippen LogP contribution in [-0.2, 0) is 4.79 Å². The Balaban J connectivity index is 1.95. The average Bonchev–Trinajstić information content (AvgIpc) is 2.92. The summed E-state index contributed by atoms with van der Waals surface area (Å²) in [6, 6.07) is 0. The van der Waals surface area contributed by atoms with E-state index in [1.807, 2.05) is 11.8 Å². The van der Waals surface area contributed by atoms with Gasteiger partial charge in [0.2, 0.25) is 5.91 Å². The second-order valence-corrected chi connectivity index (χ2v) is 6.40. The predicted molar refractivity (Wildman–Crippen MR) is 78.5 cm³/mol. The summed E-state index contributed by atoms with van der Waals surface area (Å²) in [6.45, 7) is 3.67. The normalized spacial score (nSPS) is 24.1. The van der Waals surface area contributed by atoms with Gasteiger partial charge in [0, 0.05) is 13.1 Å². The van der Waals surface area contributed by atoms with E-state index in [1.54, 1.807) is 0 Å². The maximum Gasteiger partial charge on any atom is 0.233 e. The number of rotatable bonds is 4. The number of nitrogens with zero attached hydrogens (tertiary/aromatic N) is 2. The van der Waals surface area contributed by atoms with E-state index >= 15 is 0 Å². The van der Waals surface area contributed by atoms with E-state index in [2.05, 4.69) is 5.16 Å². The van der Waals surface area contributed by atoms with Crippen LogP contribution < -0.4 is 5.73 Å². The van der Waals surface area contributed by atoms with Gasteiger partial charge in [0.1, 0.15) is 0 Å². The minimum Gasteiger partial charge on any atom is -0.409 e. The molecule has 1 atom stereocenters. The van der Waals surface area contributed by atoms with E-state index in [4.69, 9.17) is 10.9 Å². The van der Waals surface area contributed by atoms with Crippen molar-refractivity contribution in [2.75, 3.05) is 13.1 Å². The third-order valence-corrected chi connectivity index (χ3v) is 5.15. The van der Waals surface area contributed by atoms with Crippen molar-refractivity contribution >= 4 is 11.7 Å². The fraction of sp³-hybridized carbons (Fsp3) is 0.867. The number of piperidine rings is 1. The smallest absolute Gasteiger partial charge is 0.233 e. The minimum absolute atomic E-state index is 0.0370. The molecular weight excluding hydrogens is 254 g/mol. The summed E-state index contributed by atoms with van der Waals surface area (Å²) < 4.78 is 0. The van der Waals surface area contributed by atoms with E-state index in [-0.39, 0.29) is 11.7 Å². The van der Waals surface area contributed by atoms with E-state index in [9.17, 15) is 4.79 Å². The van der Waals surface area contributed by atoms with Crippen LogP contribution in [0.15, 0.2) is 5.16 Å². The molecule has 0 bridgehead atoms. The molecule has 2 fully saturated rings. The van der Waals surface area contributed by atoms with E-state index in [0.717, 1.165) is 32.4 Å². The Kier molecular flexibility index (Phi) is 4.89. The third-order valence-electron chi connectivity index (χ3n) is 5.15. The molecule has 114 valence electrons. The van der Waals surface area contributed by atoms with E-state index in [0.29, 0.717) is 11.8 Å². The van der Waals surface area contributed by atoms with Gasteiger partial charge in [-0.2, -0.15) is 0 Å². The Morgan fingerprint density at radius 1 is 1.30 bits per heavy atom. The third kappa shape index (κ3) is 3.07. The van der Waals surface area contributed by atoms with Crippen molar-refractivity contribution in [2.45, 2.75) is 58.3 Å². The zero-order valence-corrected chi connectivity index (χ0v) is 12.5. The van der Waals surface area contributed by atoms with Gasteiger partial charge in [-0.3, -0.25) is 4.79 Å². The highest BCUT2D eigenvalue weighted by atomic mass is 16.4. The van der Waals surface area contributed by atoms with Crippen molar-refractivity contribution in [1.29, 1.82) is 0 Å². The van der Waals surface area contributed by atoms with Crippen LogP contribution >= 0.6 is 0 Å². The largest absolute Gasteiger partial charge is 0.409 e. The van der Waals surface area contributed by atoms with Gasteiger partial charge in [-0.25, -0.2) is 0 Å². The molecule has 1 amide bonds. The lowest BCUT2D eigenvalue weighted by Crippen LogP contribution is -2.47. The van der Waals surface area contributed by atoms with Gasteiger partial charge in [-0.1, -0.05) is 31.3 Å². The van der Waals surface area contributed by atoms with Crippen molar-refractivity contribution in [3.63, 3.8) is 0 Å². The first-order valence-corrected chi connectivity index (χ1v) is 7.88. The van der Waals surface area contributed by atoms with Crippen molar-refractivity contribution in [3.05, 3.63) is 0 Å². The number of amides is 1. The van der Waals surface area contributed by atoms with Crippen LogP contribution in [-0.4, -0.2) is 34.9 Å². The Bertz CT molecular complexity index is 365. The molecule has 0 radical (unpaired) electrons. The zero-order chi connectivity index (χ0) is 14.6. The number of hydrogen-bond acceptors (Lipinski definition) is 3. The van der Waals surface area contributed by atoms with Crippen LogP contribution in [0.1, 0.15) is 58.3 Å². The lowest BCUT2D eigenvalue weighted by molar-refractivity contribution is -0.136. The lowest BCUT2D eigenvalue weighted by atomic mass is 9.77. The molecule has 3 N–H and O–H groups in total. The monoisotopic (exact) mass is 281 g/mol. The van der Waals surface area contributed by atoms with Crippen LogP contribution in [0.4, 0.5) is 0 Å². The Hall–Kier alpha value is -1.26. The number of likely N-dealkylation sites (tertiary alicyclic amines) is 1. The van der Waals surface area contributed by atoms with Crippen LogP contribution in [0.25, 0.3) is 0 Å². The molecule has 0 aromatic heterocycles. The summed E-state index contributed by atoms with van der Waals surface area (Å²) in [5, 5.41) is 11.9. The number of amidine groups is 1. The molecule has 1 heterocycles. The molecule has 0 aromatic rings. The average molecular weight is 281 g/mol. The molecule has 2 rings (SSSR count). The van der Waals surface area contributed by atoms with E-state index in [1.165, 1.54) is 25.7 Å². The highest BCUT2D eigenvalue weighted by Gasteiger charge is 2.39. The zero-order valence-electron chi connectivity index (χ0n) is 12.5. The van der Waals surface area contributed by atoms with Crippen molar-refractivity contribution in [1.82, 2.24) is 4.90 Å². The second-order valence-electron chi connectivity index (χ2n) is 6.40. The molecule has 1 aliphatic heterocycles. The summed E-state index contributed by atoms with van der Waals surface area (Å²) in [4.78, 5) is 14.5. The molecular formula is C15H27N3O2. The minimum atomic E-state index is -0.456. The summed E-state index contributed by atoms with van der Waals surface area (Å²) in [5.41, 5.74) is 6.19. The molecule has 1 spiro atoms. The van der Waals surface area contributed by atoms with Crippen LogP contribution in [0.3, 0.4) is 0 Å². The fourth-order valence-corrected chi connectivity index (χ4v) is 3.80. The maximum absolute atomic E-state index is 12.5. The maximum atomic E-state index is 12.5. The Morgan fingerprint density at radius 2 is 1.90 bits per heavy atom. The molecule has 20 heavy (non-hydrogen) atoms. The van der Waals surface area contributed by atoms with Crippen LogP contribution in [0.2, 0.25) is 0 Å². The van der Waals surface area contributed by atoms with Gasteiger partial charge < -0.3 is 15.8 Å². The Labute approximate surface area is 121 Å². The van der Waals surface area contributed by atoms with Gasteiger partial charge in [-0.05, 0) is 37.5 Å². The van der Waals surface area contributed by atoms with Crippen molar-refractivity contribution < 1.29 is 10.0 Å². The molecule has 5 nitrogen and oxygen atoms in total. The standard InChI is InChI=1S/C15H27N3O2/c1-2-5-12(13(16)17-20)14(19)18-10-8-15(9-11-18)6-3-4-7-15/h12,20H,2-11H2,1H3,(H2,16,17). The molecule has 1 saturated carbocycles. The van der Waals surface area contributed by atoms with Crippen molar-refractivity contribution in [3.8, 4) is 0 Å². The molecule has 0 aromatic carbocycles. The van der Waals surface area contributed by atoms with Crippen LogP contribution in [0, 0.1) is 11.3 Å². The first-order valence-electron chi connectivity index (χ1n) is 7.88. The number of hydrogen-bond donors (Lipinski definition) is 2. The summed E-state index contributed by atoms with van der Waals surface area (Å²) >= 11 is 0. The van der Waals surface area contributed by atoms with Gasteiger partial charge in [0.15, 0.2) is 5.84 Å². The number of carbonyl (C=O) groups excluding carboxylic acids is 1. The van der Waals surface area contributed by atoms with Gasteiger partial charge in [0.25, 0.3) is 0 Å². The summed E-state index contributed by atoms with van der Waals surface area (Å²) in [5.74, 6) is -0.365. The quantitative estimate of drug-likeness (QED) is 0.359. The molecule has 1 aliphatic carbocycles. The molecule has 5 heteroatoms. The van der Waals surface area contributed by atoms with E-state index < -0.39 is 5.92 Å². The van der Waals surface area contributed by atoms with Crippen LogP contribution in [0.5, 0.6) is 0 Å². The lowest BCUT2D eigenvalue weighted by Gasteiger charge is -2.40.